The van der Waals surface area contributed by atoms with Crippen LogP contribution in [0.15, 0.2) is 24.8 Å². The fourth-order valence-electron chi connectivity index (χ4n) is 1.09. The Balaban J connectivity index is 2.83. The predicted octanol–water partition coefficient (Wildman–Crippen LogP) is 2.41. The summed E-state index contributed by atoms with van der Waals surface area (Å²) in [7, 11) is 0. The van der Waals surface area contributed by atoms with Crippen molar-refractivity contribution in [3.63, 3.8) is 0 Å². The molecule has 0 heterocycles. The maximum Gasteiger partial charge on any atom is 0.190 e. The van der Waals surface area contributed by atoms with Gasteiger partial charge in [0, 0.05) is 0 Å². The van der Waals surface area contributed by atoms with Crippen LogP contribution in [0.5, 0.6) is 5.75 Å². The van der Waals surface area contributed by atoms with E-state index in [0.29, 0.717) is 6.42 Å². The standard InChI is InChI=1S/C11H12F2O2/c1-2-3-4-15-11-9(12)5-8(7-14)6-10(11)13/h2,5-6,14H,1,3-4,7H2. The molecule has 0 saturated heterocycles. The first-order valence-electron chi connectivity index (χ1n) is 4.51. The zero-order valence-electron chi connectivity index (χ0n) is 8.17. The van der Waals surface area contributed by atoms with Crippen molar-refractivity contribution in [2.75, 3.05) is 6.61 Å². The molecule has 15 heavy (non-hydrogen) atoms. The zero-order chi connectivity index (χ0) is 11.3. The van der Waals surface area contributed by atoms with E-state index in [9.17, 15) is 8.78 Å². The highest BCUT2D eigenvalue weighted by atomic mass is 19.1. The molecule has 0 aliphatic rings. The Labute approximate surface area is 86.8 Å². The summed E-state index contributed by atoms with van der Waals surface area (Å²) in [6.45, 7) is 3.24. The average Bonchev–Trinajstić information content (AvgIpc) is 2.22. The van der Waals surface area contributed by atoms with Gasteiger partial charge in [-0.2, -0.15) is 0 Å². The Kier molecular flexibility index (Phi) is 4.24. The summed E-state index contributed by atoms with van der Waals surface area (Å²) in [6.07, 6.45) is 2.11. The molecular formula is C11H12F2O2. The maximum absolute atomic E-state index is 13.2. The van der Waals surface area contributed by atoms with E-state index in [0.717, 1.165) is 12.1 Å². The van der Waals surface area contributed by atoms with Crippen molar-refractivity contribution in [1.29, 1.82) is 0 Å². The predicted molar refractivity (Wildman–Crippen MR) is 52.6 cm³/mol. The average molecular weight is 214 g/mol. The molecule has 82 valence electrons. The molecule has 2 nitrogen and oxygen atoms in total. The van der Waals surface area contributed by atoms with Crippen LogP contribution in [0.3, 0.4) is 0 Å². The fraction of sp³-hybridized carbons (Fsp3) is 0.273. The summed E-state index contributed by atoms with van der Waals surface area (Å²) in [5, 5.41) is 8.70. The summed E-state index contributed by atoms with van der Waals surface area (Å²) >= 11 is 0. The minimum Gasteiger partial charge on any atom is -0.487 e. The number of ether oxygens (including phenoxy) is 1. The molecule has 0 spiro atoms. The highest BCUT2D eigenvalue weighted by Gasteiger charge is 2.11. The first kappa shape index (κ1) is 11.7. The molecule has 0 fully saturated rings. The lowest BCUT2D eigenvalue weighted by Gasteiger charge is -2.08. The number of aliphatic hydroxyl groups is 1. The Hall–Kier alpha value is -1.42. The van der Waals surface area contributed by atoms with E-state index >= 15 is 0 Å². The van der Waals surface area contributed by atoms with Gasteiger partial charge in [-0.25, -0.2) is 8.78 Å². The van der Waals surface area contributed by atoms with Crippen LogP contribution in [-0.4, -0.2) is 11.7 Å². The lowest BCUT2D eigenvalue weighted by molar-refractivity contribution is 0.273. The van der Waals surface area contributed by atoms with Crippen molar-refractivity contribution in [1.82, 2.24) is 0 Å². The van der Waals surface area contributed by atoms with Crippen LogP contribution in [0.2, 0.25) is 0 Å². The summed E-state index contributed by atoms with van der Waals surface area (Å²) < 4.78 is 31.4. The van der Waals surface area contributed by atoms with Gasteiger partial charge in [-0.1, -0.05) is 6.08 Å². The van der Waals surface area contributed by atoms with Gasteiger partial charge in [0.05, 0.1) is 13.2 Å². The minimum atomic E-state index is -0.803. The molecular weight excluding hydrogens is 202 g/mol. The van der Waals surface area contributed by atoms with E-state index in [1.54, 1.807) is 6.08 Å². The van der Waals surface area contributed by atoms with E-state index in [2.05, 4.69) is 6.58 Å². The molecule has 1 aromatic carbocycles. The van der Waals surface area contributed by atoms with E-state index in [4.69, 9.17) is 9.84 Å². The van der Waals surface area contributed by atoms with Gasteiger partial charge in [0.15, 0.2) is 17.4 Å². The molecule has 1 aromatic rings. The second kappa shape index (κ2) is 5.46. The minimum absolute atomic E-state index is 0.176. The molecule has 1 rings (SSSR count). The quantitative estimate of drug-likeness (QED) is 0.602. The van der Waals surface area contributed by atoms with E-state index < -0.39 is 24.0 Å². The highest BCUT2D eigenvalue weighted by molar-refractivity contribution is 5.31. The molecule has 0 bridgehead atoms. The van der Waals surface area contributed by atoms with Crippen molar-refractivity contribution in [3.05, 3.63) is 42.0 Å². The van der Waals surface area contributed by atoms with Crippen molar-refractivity contribution >= 4 is 0 Å². The molecule has 0 aliphatic carbocycles. The van der Waals surface area contributed by atoms with Gasteiger partial charge in [0.2, 0.25) is 0 Å². The van der Waals surface area contributed by atoms with Crippen LogP contribution < -0.4 is 4.74 Å². The zero-order valence-corrected chi connectivity index (χ0v) is 8.17. The molecule has 0 saturated carbocycles. The topological polar surface area (TPSA) is 29.5 Å². The van der Waals surface area contributed by atoms with Crippen molar-refractivity contribution < 1.29 is 18.6 Å². The molecule has 0 unspecified atom stereocenters. The monoisotopic (exact) mass is 214 g/mol. The van der Waals surface area contributed by atoms with Crippen molar-refractivity contribution in [2.24, 2.45) is 0 Å². The molecule has 0 aliphatic heterocycles. The SMILES string of the molecule is C=CCCOc1c(F)cc(CO)cc1F. The van der Waals surface area contributed by atoms with Crippen LogP contribution in [0.4, 0.5) is 8.78 Å². The lowest BCUT2D eigenvalue weighted by Crippen LogP contribution is -2.01. The highest BCUT2D eigenvalue weighted by Crippen LogP contribution is 2.23. The number of aliphatic hydroxyl groups excluding tert-OH is 1. The number of halogens is 2. The number of hydrogen-bond donors (Lipinski definition) is 1. The summed E-state index contributed by atoms with van der Waals surface area (Å²) in [4.78, 5) is 0. The lowest BCUT2D eigenvalue weighted by atomic mass is 10.2. The smallest absolute Gasteiger partial charge is 0.190 e. The van der Waals surface area contributed by atoms with Crippen LogP contribution >= 0.6 is 0 Å². The van der Waals surface area contributed by atoms with Gasteiger partial charge >= 0.3 is 0 Å². The Bertz CT molecular complexity index is 327. The van der Waals surface area contributed by atoms with Crippen molar-refractivity contribution in [3.8, 4) is 5.75 Å². The number of benzene rings is 1. The molecule has 0 amide bonds. The second-order valence-corrected chi connectivity index (χ2v) is 2.97. The van der Waals surface area contributed by atoms with Gasteiger partial charge in [-0.15, -0.1) is 6.58 Å². The van der Waals surface area contributed by atoms with Gasteiger partial charge in [-0.3, -0.25) is 0 Å². The fourth-order valence-corrected chi connectivity index (χ4v) is 1.09. The Morgan fingerprint density at radius 3 is 2.40 bits per heavy atom. The van der Waals surface area contributed by atoms with Crippen LogP contribution in [0, 0.1) is 11.6 Å². The van der Waals surface area contributed by atoms with E-state index in [-0.39, 0.29) is 12.2 Å². The van der Waals surface area contributed by atoms with Gasteiger partial charge in [0.25, 0.3) is 0 Å². The van der Waals surface area contributed by atoms with Crippen molar-refractivity contribution in [2.45, 2.75) is 13.0 Å². The third kappa shape index (κ3) is 3.02. The summed E-state index contributed by atoms with van der Waals surface area (Å²) in [5.41, 5.74) is 0.182. The third-order valence-corrected chi connectivity index (χ3v) is 1.81. The van der Waals surface area contributed by atoms with E-state index in [1.165, 1.54) is 0 Å². The largest absolute Gasteiger partial charge is 0.487 e. The molecule has 1 N–H and O–H groups in total. The third-order valence-electron chi connectivity index (χ3n) is 1.81. The molecule has 4 heteroatoms. The first-order chi connectivity index (χ1) is 7.19. The maximum atomic E-state index is 13.2. The summed E-state index contributed by atoms with van der Waals surface area (Å²) in [5.74, 6) is -2.01. The van der Waals surface area contributed by atoms with E-state index in [1.807, 2.05) is 0 Å². The first-order valence-corrected chi connectivity index (χ1v) is 4.51. The summed E-state index contributed by atoms with van der Waals surface area (Å²) in [6, 6.07) is 2.10. The Morgan fingerprint density at radius 1 is 1.33 bits per heavy atom. The normalized spacial score (nSPS) is 10.1. The molecule has 0 aromatic heterocycles. The van der Waals surface area contributed by atoms with Gasteiger partial charge in [0.1, 0.15) is 0 Å². The van der Waals surface area contributed by atoms with Gasteiger partial charge in [-0.05, 0) is 24.1 Å². The van der Waals surface area contributed by atoms with Crippen LogP contribution in [-0.2, 0) is 6.61 Å². The molecule has 0 radical (unpaired) electrons. The second-order valence-electron chi connectivity index (χ2n) is 2.97. The molecule has 0 atom stereocenters. The van der Waals surface area contributed by atoms with Crippen LogP contribution in [0.1, 0.15) is 12.0 Å². The van der Waals surface area contributed by atoms with Crippen LogP contribution in [0.25, 0.3) is 0 Å². The Morgan fingerprint density at radius 2 is 1.93 bits per heavy atom. The number of rotatable bonds is 5. The van der Waals surface area contributed by atoms with Gasteiger partial charge < -0.3 is 9.84 Å². The number of hydrogen-bond acceptors (Lipinski definition) is 2.